The van der Waals surface area contributed by atoms with Gasteiger partial charge in [0, 0.05) is 33.3 Å². The molecule has 7 heteroatoms. The SMILES string of the molecule is CNc1cc(N2CCCC3C(=O)NCC32)nc(COC)n1. The minimum Gasteiger partial charge on any atom is -0.377 e. The van der Waals surface area contributed by atoms with E-state index < -0.39 is 0 Å². The molecule has 2 aliphatic heterocycles. The van der Waals surface area contributed by atoms with Crippen LogP contribution in [0.25, 0.3) is 0 Å². The normalized spacial score (nSPS) is 24.7. The van der Waals surface area contributed by atoms with E-state index in [1.165, 1.54) is 0 Å². The highest BCUT2D eigenvalue weighted by Crippen LogP contribution is 2.31. The number of ether oxygens (including phenoxy) is 1. The predicted octanol–water partition coefficient (Wildman–Crippen LogP) is 0.380. The smallest absolute Gasteiger partial charge is 0.225 e. The minimum atomic E-state index is 0.0811. The summed E-state index contributed by atoms with van der Waals surface area (Å²) >= 11 is 0. The molecule has 2 unspecified atom stereocenters. The number of amides is 1. The topological polar surface area (TPSA) is 79.4 Å². The highest BCUT2D eigenvalue weighted by molar-refractivity contribution is 5.83. The molecule has 1 amide bonds. The van der Waals surface area contributed by atoms with E-state index in [1.54, 1.807) is 7.11 Å². The van der Waals surface area contributed by atoms with Crippen LogP contribution in [0.5, 0.6) is 0 Å². The summed E-state index contributed by atoms with van der Waals surface area (Å²) in [5.41, 5.74) is 0. The van der Waals surface area contributed by atoms with Gasteiger partial charge < -0.3 is 20.3 Å². The van der Waals surface area contributed by atoms with Crippen molar-refractivity contribution in [2.24, 2.45) is 5.92 Å². The number of fused-ring (bicyclic) bond motifs is 1. The Hall–Kier alpha value is -1.89. The third-order valence-corrected chi connectivity index (χ3v) is 4.18. The average Bonchev–Trinajstić information content (AvgIpc) is 2.89. The number of methoxy groups -OCH3 is 1. The maximum absolute atomic E-state index is 11.9. The number of nitrogens with zero attached hydrogens (tertiary/aromatic N) is 3. The highest BCUT2D eigenvalue weighted by atomic mass is 16.5. The zero-order valence-electron chi connectivity index (χ0n) is 12.4. The number of anilines is 2. The van der Waals surface area contributed by atoms with Gasteiger partial charge in [0.1, 0.15) is 18.2 Å². The molecule has 2 saturated heterocycles. The molecule has 0 radical (unpaired) electrons. The van der Waals surface area contributed by atoms with Crippen LogP contribution in [-0.2, 0) is 16.1 Å². The Morgan fingerprint density at radius 1 is 1.52 bits per heavy atom. The van der Waals surface area contributed by atoms with Gasteiger partial charge in [-0.15, -0.1) is 0 Å². The van der Waals surface area contributed by atoms with Gasteiger partial charge in [0.25, 0.3) is 0 Å². The standard InChI is InChI=1S/C14H21N5O2/c1-15-11-6-13(18-12(17-11)8-21-2)19-5-3-4-9-10(19)7-16-14(9)20/h6,9-10H,3-5,7-8H2,1-2H3,(H,16,20)(H,15,17,18). The maximum atomic E-state index is 11.9. The molecule has 2 aliphatic rings. The van der Waals surface area contributed by atoms with Gasteiger partial charge in [0.2, 0.25) is 5.91 Å². The van der Waals surface area contributed by atoms with Crippen molar-refractivity contribution in [1.82, 2.24) is 15.3 Å². The van der Waals surface area contributed by atoms with Gasteiger partial charge in [-0.1, -0.05) is 0 Å². The van der Waals surface area contributed by atoms with Crippen LogP contribution in [0.1, 0.15) is 18.7 Å². The first-order valence-corrected chi connectivity index (χ1v) is 7.32. The van der Waals surface area contributed by atoms with Crippen molar-refractivity contribution >= 4 is 17.5 Å². The Morgan fingerprint density at radius 3 is 3.14 bits per heavy atom. The molecule has 0 bridgehead atoms. The lowest BCUT2D eigenvalue weighted by atomic mass is 9.91. The molecule has 2 atom stereocenters. The molecular formula is C14H21N5O2. The first-order chi connectivity index (χ1) is 10.2. The lowest BCUT2D eigenvalue weighted by Gasteiger charge is -2.37. The van der Waals surface area contributed by atoms with Gasteiger partial charge in [-0.25, -0.2) is 9.97 Å². The van der Waals surface area contributed by atoms with Gasteiger partial charge in [-0.05, 0) is 12.8 Å². The molecule has 2 N–H and O–H groups in total. The number of nitrogens with one attached hydrogen (secondary N) is 2. The molecule has 1 aromatic heterocycles. The summed E-state index contributed by atoms with van der Waals surface area (Å²) in [6, 6.07) is 2.13. The summed E-state index contributed by atoms with van der Waals surface area (Å²) in [6.07, 6.45) is 1.97. The maximum Gasteiger partial charge on any atom is 0.225 e. The van der Waals surface area contributed by atoms with Gasteiger partial charge in [0.15, 0.2) is 5.82 Å². The Kier molecular flexibility index (Phi) is 3.92. The van der Waals surface area contributed by atoms with Crippen LogP contribution in [0, 0.1) is 5.92 Å². The van der Waals surface area contributed by atoms with Crippen LogP contribution < -0.4 is 15.5 Å². The van der Waals surface area contributed by atoms with Gasteiger partial charge >= 0.3 is 0 Å². The number of piperidine rings is 1. The third-order valence-electron chi connectivity index (χ3n) is 4.18. The van der Waals surface area contributed by atoms with Gasteiger partial charge in [-0.2, -0.15) is 0 Å². The van der Waals surface area contributed by atoms with Crippen molar-refractivity contribution in [3.63, 3.8) is 0 Å². The molecule has 3 rings (SSSR count). The Labute approximate surface area is 124 Å². The molecule has 1 aromatic rings. The first kappa shape index (κ1) is 14.1. The van der Waals surface area contributed by atoms with E-state index in [1.807, 2.05) is 13.1 Å². The second-order valence-electron chi connectivity index (χ2n) is 5.47. The number of carbonyl (C=O) groups excluding carboxylic acids is 1. The fourth-order valence-corrected chi connectivity index (χ4v) is 3.19. The average molecular weight is 291 g/mol. The second-order valence-corrected chi connectivity index (χ2v) is 5.47. The van der Waals surface area contributed by atoms with Crippen molar-refractivity contribution in [3.8, 4) is 0 Å². The molecule has 21 heavy (non-hydrogen) atoms. The number of rotatable bonds is 4. The van der Waals surface area contributed by atoms with Crippen molar-refractivity contribution in [1.29, 1.82) is 0 Å². The van der Waals surface area contributed by atoms with Crippen LogP contribution in [0.4, 0.5) is 11.6 Å². The van der Waals surface area contributed by atoms with Crippen molar-refractivity contribution < 1.29 is 9.53 Å². The molecule has 0 aromatic carbocycles. The number of aromatic nitrogens is 2. The van der Waals surface area contributed by atoms with E-state index in [-0.39, 0.29) is 17.9 Å². The molecular weight excluding hydrogens is 270 g/mol. The Balaban J connectivity index is 1.91. The third kappa shape index (κ3) is 2.65. The van der Waals surface area contributed by atoms with Crippen LogP contribution in [0.3, 0.4) is 0 Å². The molecule has 114 valence electrons. The van der Waals surface area contributed by atoms with Gasteiger partial charge in [0.05, 0.1) is 12.0 Å². The quantitative estimate of drug-likeness (QED) is 0.835. The largest absolute Gasteiger partial charge is 0.377 e. The summed E-state index contributed by atoms with van der Waals surface area (Å²) in [6.45, 7) is 1.99. The van der Waals surface area contributed by atoms with E-state index in [0.717, 1.165) is 31.0 Å². The summed E-state index contributed by atoms with van der Waals surface area (Å²) in [7, 11) is 3.47. The molecule has 2 fully saturated rings. The van der Waals surface area contributed by atoms with Crippen molar-refractivity contribution in [2.75, 3.05) is 37.5 Å². The second kappa shape index (κ2) is 5.85. The van der Waals surface area contributed by atoms with E-state index in [0.29, 0.717) is 19.0 Å². The number of carbonyl (C=O) groups is 1. The van der Waals surface area contributed by atoms with Crippen LogP contribution in [0.2, 0.25) is 0 Å². The lowest BCUT2D eigenvalue weighted by Crippen LogP contribution is -2.46. The molecule has 0 spiro atoms. The van der Waals surface area contributed by atoms with E-state index in [4.69, 9.17) is 4.74 Å². The predicted molar refractivity (Wildman–Crippen MR) is 79.2 cm³/mol. The first-order valence-electron chi connectivity index (χ1n) is 7.32. The van der Waals surface area contributed by atoms with Crippen molar-refractivity contribution in [2.45, 2.75) is 25.5 Å². The monoisotopic (exact) mass is 291 g/mol. The highest BCUT2D eigenvalue weighted by Gasteiger charge is 2.41. The summed E-state index contributed by atoms with van der Waals surface area (Å²) in [5, 5.41) is 6.02. The summed E-state index contributed by atoms with van der Waals surface area (Å²) in [5.74, 6) is 2.54. The van der Waals surface area contributed by atoms with E-state index >= 15 is 0 Å². The Morgan fingerprint density at radius 2 is 2.38 bits per heavy atom. The molecule has 7 nitrogen and oxygen atoms in total. The number of hydrogen-bond donors (Lipinski definition) is 2. The van der Waals surface area contributed by atoms with Crippen LogP contribution in [0.15, 0.2) is 6.07 Å². The molecule has 3 heterocycles. The molecule has 0 aliphatic carbocycles. The zero-order valence-corrected chi connectivity index (χ0v) is 12.4. The molecule has 0 saturated carbocycles. The van der Waals surface area contributed by atoms with Gasteiger partial charge in [-0.3, -0.25) is 4.79 Å². The lowest BCUT2D eigenvalue weighted by molar-refractivity contribution is -0.122. The fourth-order valence-electron chi connectivity index (χ4n) is 3.19. The fraction of sp³-hybridized carbons (Fsp3) is 0.643. The van der Waals surface area contributed by atoms with Crippen LogP contribution >= 0.6 is 0 Å². The summed E-state index contributed by atoms with van der Waals surface area (Å²) < 4.78 is 5.14. The van der Waals surface area contributed by atoms with Crippen molar-refractivity contribution in [3.05, 3.63) is 11.9 Å². The Bertz CT molecular complexity index is 536. The number of hydrogen-bond acceptors (Lipinski definition) is 6. The zero-order chi connectivity index (χ0) is 14.8. The summed E-state index contributed by atoms with van der Waals surface area (Å²) in [4.78, 5) is 23.1. The minimum absolute atomic E-state index is 0.0811. The van der Waals surface area contributed by atoms with E-state index in [9.17, 15) is 4.79 Å². The van der Waals surface area contributed by atoms with Crippen LogP contribution in [-0.4, -0.2) is 49.2 Å². The van der Waals surface area contributed by atoms with E-state index in [2.05, 4.69) is 25.5 Å².